The predicted molar refractivity (Wildman–Crippen MR) is 51.9 cm³/mol. The van der Waals surface area contributed by atoms with Crippen LogP contribution in [0.1, 0.15) is 5.56 Å². The maximum atomic E-state index is 10.3. The molecule has 1 rings (SSSR count). The number of phenolic OH excluding ortho intramolecular Hbond substituents is 1. The molecule has 0 aromatic heterocycles. The zero-order valence-corrected chi connectivity index (χ0v) is 8.13. The molecule has 0 aliphatic heterocycles. The largest absolute Gasteiger partial charge is 0.507 e. The van der Waals surface area contributed by atoms with Gasteiger partial charge in [-0.3, -0.25) is 4.79 Å². The van der Waals surface area contributed by atoms with Crippen molar-refractivity contribution in [3.8, 4) is 17.6 Å². The number of rotatable bonds is 0. The van der Waals surface area contributed by atoms with E-state index in [2.05, 4.69) is 27.8 Å². The smallest absolute Gasteiger partial charge is 0.293 e. The van der Waals surface area contributed by atoms with Crippen molar-refractivity contribution in [2.24, 2.45) is 5.73 Å². The number of nitrogens with two attached hydrogens (primary N) is 1. The molecular formula is C9H6BrNO2. The van der Waals surface area contributed by atoms with E-state index >= 15 is 0 Å². The normalized spacial score (nSPS) is 8.69. The van der Waals surface area contributed by atoms with E-state index in [1.165, 1.54) is 6.07 Å². The molecule has 0 spiro atoms. The topological polar surface area (TPSA) is 63.3 Å². The maximum absolute atomic E-state index is 10.3. The molecule has 66 valence electrons. The summed E-state index contributed by atoms with van der Waals surface area (Å²) in [6.07, 6.45) is 0. The molecule has 0 unspecified atom stereocenters. The summed E-state index contributed by atoms with van der Waals surface area (Å²) in [5.74, 6) is 3.88. The minimum atomic E-state index is -0.720. The molecule has 3 N–H and O–H groups in total. The average Bonchev–Trinajstić information content (AvgIpc) is 2.02. The van der Waals surface area contributed by atoms with Gasteiger partial charge in [0.05, 0.1) is 5.56 Å². The molecule has 0 heterocycles. The first kappa shape index (κ1) is 9.62. The number of hydrogen-bond donors (Lipinski definition) is 2. The number of amides is 1. The van der Waals surface area contributed by atoms with Crippen molar-refractivity contribution in [3.63, 3.8) is 0 Å². The van der Waals surface area contributed by atoms with Gasteiger partial charge in [0.1, 0.15) is 5.75 Å². The Balaban J connectivity index is 3.05. The fourth-order valence-electron chi connectivity index (χ4n) is 0.739. The van der Waals surface area contributed by atoms with Crippen LogP contribution in [-0.2, 0) is 4.79 Å². The molecule has 0 atom stereocenters. The van der Waals surface area contributed by atoms with Gasteiger partial charge >= 0.3 is 0 Å². The lowest BCUT2D eigenvalue weighted by Crippen LogP contribution is -2.06. The van der Waals surface area contributed by atoms with E-state index in [0.717, 1.165) is 4.47 Å². The van der Waals surface area contributed by atoms with Gasteiger partial charge in [-0.2, -0.15) is 0 Å². The van der Waals surface area contributed by atoms with Crippen molar-refractivity contribution in [2.45, 2.75) is 0 Å². The molecular weight excluding hydrogens is 234 g/mol. The zero-order valence-electron chi connectivity index (χ0n) is 6.54. The van der Waals surface area contributed by atoms with Crippen LogP contribution in [0, 0.1) is 11.8 Å². The summed E-state index contributed by atoms with van der Waals surface area (Å²) in [7, 11) is 0. The van der Waals surface area contributed by atoms with Gasteiger partial charge in [-0.1, -0.05) is 21.9 Å². The van der Waals surface area contributed by atoms with Crippen LogP contribution in [0.3, 0.4) is 0 Å². The second-order valence-corrected chi connectivity index (χ2v) is 3.19. The number of benzene rings is 1. The van der Waals surface area contributed by atoms with E-state index in [1.807, 2.05) is 0 Å². The van der Waals surface area contributed by atoms with E-state index in [0.29, 0.717) is 5.56 Å². The van der Waals surface area contributed by atoms with Crippen LogP contribution in [0.25, 0.3) is 0 Å². The van der Waals surface area contributed by atoms with Gasteiger partial charge in [-0.15, -0.1) is 0 Å². The minimum absolute atomic E-state index is 0.0168. The highest BCUT2D eigenvalue weighted by molar-refractivity contribution is 9.10. The molecule has 0 aliphatic carbocycles. The molecule has 3 nitrogen and oxygen atoms in total. The number of phenols is 1. The molecule has 0 saturated heterocycles. The van der Waals surface area contributed by atoms with Gasteiger partial charge in [0.15, 0.2) is 0 Å². The Bertz CT molecular complexity index is 404. The Morgan fingerprint density at radius 3 is 2.77 bits per heavy atom. The van der Waals surface area contributed by atoms with Crippen LogP contribution >= 0.6 is 15.9 Å². The first-order valence-corrected chi connectivity index (χ1v) is 4.19. The summed E-state index contributed by atoms with van der Waals surface area (Å²) in [4.78, 5) is 10.3. The van der Waals surface area contributed by atoms with Gasteiger partial charge in [-0.05, 0) is 18.2 Å². The van der Waals surface area contributed by atoms with Crippen molar-refractivity contribution in [1.29, 1.82) is 0 Å². The maximum Gasteiger partial charge on any atom is 0.293 e. The van der Waals surface area contributed by atoms with Crippen molar-refractivity contribution in [1.82, 2.24) is 0 Å². The lowest BCUT2D eigenvalue weighted by atomic mass is 10.2. The SMILES string of the molecule is NC(=O)C#Cc1ccc(Br)cc1O. The monoisotopic (exact) mass is 239 g/mol. The molecule has 0 saturated carbocycles. The standard InChI is InChI=1S/C9H6BrNO2/c10-7-3-1-6(8(12)5-7)2-4-9(11)13/h1,3,5,12H,(H2,11,13). The Morgan fingerprint density at radius 1 is 1.54 bits per heavy atom. The summed E-state index contributed by atoms with van der Waals surface area (Å²) in [5.41, 5.74) is 5.19. The van der Waals surface area contributed by atoms with E-state index in [1.54, 1.807) is 12.1 Å². The fourth-order valence-corrected chi connectivity index (χ4v) is 1.09. The molecule has 1 amide bonds. The number of primary amides is 1. The van der Waals surface area contributed by atoms with Crippen LogP contribution in [0.2, 0.25) is 0 Å². The van der Waals surface area contributed by atoms with E-state index < -0.39 is 5.91 Å². The van der Waals surface area contributed by atoms with Gasteiger partial charge in [0.2, 0.25) is 0 Å². The first-order valence-electron chi connectivity index (χ1n) is 3.39. The third-order valence-corrected chi connectivity index (χ3v) is 1.77. The summed E-state index contributed by atoms with van der Waals surface area (Å²) < 4.78 is 0.745. The minimum Gasteiger partial charge on any atom is -0.507 e. The zero-order chi connectivity index (χ0) is 9.84. The number of halogens is 1. The van der Waals surface area contributed by atoms with Crippen molar-refractivity contribution in [3.05, 3.63) is 28.2 Å². The van der Waals surface area contributed by atoms with Crippen LogP contribution in [0.15, 0.2) is 22.7 Å². The number of carbonyl (C=O) groups is 1. The van der Waals surface area contributed by atoms with Gasteiger partial charge in [0.25, 0.3) is 5.91 Å². The van der Waals surface area contributed by atoms with E-state index in [4.69, 9.17) is 5.73 Å². The Hall–Kier alpha value is -1.47. The fraction of sp³-hybridized carbons (Fsp3) is 0. The van der Waals surface area contributed by atoms with Crippen molar-refractivity contribution >= 4 is 21.8 Å². The molecule has 13 heavy (non-hydrogen) atoms. The third kappa shape index (κ3) is 2.80. The van der Waals surface area contributed by atoms with E-state index in [-0.39, 0.29) is 5.75 Å². The van der Waals surface area contributed by atoms with Gasteiger partial charge in [0, 0.05) is 10.4 Å². The van der Waals surface area contributed by atoms with Crippen LogP contribution < -0.4 is 5.73 Å². The molecule has 4 heteroatoms. The first-order chi connectivity index (χ1) is 6.09. The van der Waals surface area contributed by atoms with E-state index in [9.17, 15) is 9.90 Å². The van der Waals surface area contributed by atoms with Crippen molar-refractivity contribution < 1.29 is 9.90 Å². The summed E-state index contributed by atoms with van der Waals surface area (Å²) in [6.45, 7) is 0. The lowest BCUT2D eigenvalue weighted by Gasteiger charge is -1.95. The Kier molecular flexibility index (Phi) is 2.93. The quantitative estimate of drug-likeness (QED) is 0.664. The molecule has 1 aromatic rings. The average molecular weight is 240 g/mol. The highest BCUT2D eigenvalue weighted by atomic mass is 79.9. The highest BCUT2D eigenvalue weighted by Crippen LogP contribution is 2.20. The summed E-state index contributed by atoms with van der Waals surface area (Å²) >= 11 is 3.18. The van der Waals surface area contributed by atoms with Crippen LogP contribution in [0.4, 0.5) is 0 Å². The van der Waals surface area contributed by atoms with Gasteiger partial charge in [-0.25, -0.2) is 0 Å². The predicted octanol–water partition coefficient (Wildman–Crippen LogP) is 0.992. The molecule has 0 aliphatic rings. The third-order valence-electron chi connectivity index (χ3n) is 1.28. The summed E-state index contributed by atoms with van der Waals surface area (Å²) in [5, 5.41) is 9.32. The molecule has 0 fully saturated rings. The number of aromatic hydroxyl groups is 1. The van der Waals surface area contributed by atoms with Gasteiger partial charge < -0.3 is 10.8 Å². The Morgan fingerprint density at radius 2 is 2.23 bits per heavy atom. The highest BCUT2D eigenvalue weighted by Gasteiger charge is 1.97. The number of carbonyl (C=O) groups excluding carboxylic acids is 1. The second kappa shape index (κ2) is 3.97. The lowest BCUT2D eigenvalue weighted by molar-refractivity contribution is -0.112. The molecule has 0 radical (unpaired) electrons. The summed E-state index contributed by atoms with van der Waals surface area (Å²) in [6, 6.07) is 4.80. The van der Waals surface area contributed by atoms with Crippen LogP contribution in [-0.4, -0.2) is 11.0 Å². The molecule has 0 bridgehead atoms. The molecule has 1 aromatic carbocycles. The second-order valence-electron chi connectivity index (χ2n) is 2.28. The van der Waals surface area contributed by atoms with Crippen molar-refractivity contribution in [2.75, 3.05) is 0 Å². The van der Waals surface area contributed by atoms with Crippen LogP contribution in [0.5, 0.6) is 5.75 Å². The Labute approximate surface area is 83.7 Å². The number of hydrogen-bond acceptors (Lipinski definition) is 2.